The van der Waals surface area contributed by atoms with E-state index in [0.717, 1.165) is 0 Å². The highest BCUT2D eigenvalue weighted by molar-refractivity contribution is 14.1. The van der Waals surface area contributed by atoms with Gasteiger partial charge in [-0.25, -0.2) is 0 Å². The van der Waals surface area contributed by atoms with Gasteiger partial charge in [0.15, 0.2) is 0 Å². The Morgan fingerprint density at radius 3 is 2.44 bits per heavy atom. The van der Waals surface area contributed by atoms with E-state index in [1.54, 1.807) is 18.2 Å². The summed E-state index contributed by atoms with van der Waals surface area (Å²) in [5.74, 6) is -0.730. The summed E-state index contributed by atoms with van der Waals surface area (Å²) >= 11 is 1.88. The molecular weight excluding hydrogens is 362 g/mol. The van der Waals surface area contributed by atoms with Gasteiger partial charge < -0.3 is 10.0 Å². The maximum Gasteiger partial charge on any atom is 0.406 e. The summed E-state index contributed by atoms with van der Waals surface area (Å²) in [7, 11) is 0. The highest BCUT2D eigenvalue weighted by Crippen LogP contribution is 2.19. The molecule has 0 fully saturated rings. The molecule has 0 aliphatic heterocycles. The van der Waals surface area contributed by atoms with E-state index < -0.39 is 25.2 Å². The van der Waals surface area contributed by atoms with Crippen molar-refractivity contribution in [3.8, 4) is 0 Å². The Kier molecular flexibility index (Phi) is 5.39. The van der Waals surface area contributed by atoms with Gasteiger partial charge in [-0.1, -0.05) is 12.1 Å². The number of benzene rings is 1. The van der Waals surface area contributed by atoms with Crippen LogP contribution in [0.25, 0.3) is 0 Å². The highest BCUT2D eigenvalue weighted by atomic mass is 127. The topological polar surface area (TPSA) is 40.5 Å². The molecule has 0 unspecified atom stereocenters. The molecule has 0 bridgehead atoms. The number of carbonyl (C=O) groups excluding carboxylic acids is 1. The molecule has 7 heteroatoms. The number of carbonyl (C=O) groups is 1. The Bertz CT molecular complexity index is 423. The van der Waals surface area contributed by atoms with E-state index in [2.05, 4.69) is 0 Å². The summed E-state index contributed by atoms with van der Waals surface area (Å²) in [5.41, 5.74) is 0.204. The molecule has 0 spiro atoms. The van der Waals surface area contributed by atoms with E-state index in [4.69, 9.17) is 5.11 Å². The van der Waals surface area contributed by atoms with Gasteiger partial charge in [-0.3, -0.25) is 4.79 Å². The fraction of sp³-hybridized carbons (Fsp3) is 0.364. The van der Waals surface area contributed by atoms with E-state index in [9.17, 15) is 18.0 Å². The van der Waals surface area contributed by atoms with Crippen molar-refractivity contribution in [2.24, 2.45) is 0 Å². The second-order valence-electron chi connectivity index (χ2n) is 3.55. The normalized spacial score (nSPS) is 11.4. The first-order chi connectivity index (χ1) is 8.35. The minimum absolute atomic E-state index is 0.204. The molecule has 1 rings (SSSR count). The van der Waals surface area contributed by atoms with Crippen molar-refractivity contribution < 1.29 is 23.1 Å². The number of hydrogen-bond acceptors (Lipinski definition) is 2. The van der Waals surface area contributed by atoms with Gasteiger partial charge in [0.2, 0.25) is 0 Å². The smallest absolute Gasteiger partial charge is 0.395 e. The number of alkyl halides is 3. The second-order valence-corrected chi connectivity index (χ2v) is 4.71. The molecule has 0 radical (unpaired) electrons. The summed E-state index contributed by atoms with van der Waals surface area (Å²) in [6, 6.07) is 6.38. The molecule has 18 heavy (non-hydrogen) atoms. The third-order valence-electron chi connectivity index (χ3n) is 2.13. The molecule has 3 nitrogen and oxygen atoms in total. The number of amides is 1. The van der Waals surface area contributed by atoms with Gasteiger partial charge in [0.25, 0.3) is 5.91 Å². The molecule has 1 aromatic carbocycles. The van der Waals surface area contributed by atoms with E-state index >= 15 is 0 Å². The summed E-state index contributed by atoms with van der Waals surface area (Å²) in [5, 5.41) is 8.74. The lowest BCUT2D eigenvalue weighted by atomic mass is 10.2. The molecule has 0 heterocycles. The van der Waals surface area contributed by atoms with Crippen LogP contribution in [0.4, 0.5) is 13.2 Å². The van der Waals surface area contributed by atoms with Gasteiger partial charge in [-0.05, 0) is 34.7 Å². The minimum Gasteiger partial charge on any atom is -0.395 e. The van der Waals surface area contributed by atoms with Crippen LogP contribution in [0.1, 0.15) is 10.4 Å². The van der Waals surface area contributed by atoms with Crippen LogP contribution in [0.5, 0.6) is 0 Å². The lowest BCUT2D eigenvalue weighted by Crippen LogP contribution is -2.40. The number of rotatable bonds is 4. The Hall–Kier alpha value is -0.830. The maximum absolute atomic E-state index is 12.3. The van der Waals surface area contributed by atoms with Gasteiger partial charge >= 0.3 is 6.18 Å². The Labute approximate surface area is 116 Å². The zero-order chi connectivity index (χ0) is 13.8. The molecule has 1 amide bonds. The molecule has 0 saturated heterocycles. The summed E-state index contributed by atoms with van der Waals surface area (Å²) < 4.78 is 37.6. The number of hydrogen-bond donors (Lipinski definition) is 1. The van der Waals surface area contributed by atoms with Gasteiger partial charge in [0.1, 0.15) is 6.54 Å². The van der Waals surface area contributed by atoms with Crippen LogP contribution in [-0.4, -0.2) is 41.8 Å². The van der Waals surface area contributed by atoms with Gasteiger partial charge in [0.05, 0.1) is 12.2 Å². The minimum atomic E-state index is -4.48. The van der Waals surface area contributed by atoms with Gasteiger partial charge in [0, 0.05) is 10.1 Å². The standard InChI is InChI=1S/C11H11F3INO2/c12-11(13,14)7-16(5-6-17)10(18)8-3-1-2-4-9(8)15/h1-4,17H,5-7H2. The van der Waals surface area contributed by atoms with Crippen molar-refractivity contribution in [1.82, 2.24) is 4.90 Å². The van der Waals surface area contributed by atoms with Gasteiger partial charge in [-0.2, -0.15) is 13.2 Å². The molecular formula is C11H11F3INO2. The van der Waals surface area contributed by atoms with Crippen LogP contribution in [0, 0.1) is 3.57 Å². The zero-order valence-electron chi connectivity index (χ0n) is 9.25. The molecule has 0 aromatic heterocycles. The van der Waals surface area contributed by atoms with E-state index in [1.807, 2.05) is 22.6 Å². The molecule has 1 N–H and O–H groups in total. The first-order valence-electron chi connectivity index (χ1n) is 5.06. The summed E-state index contributed by atoms with van der Waals surface area (Å²) in [6.07, 6.45) is -4.48. The first kappa shape index (κ1) is 15.2. The van der Waals surface area contributed by atoms with E-state index in [0.29, 0.717) is 8.47 Å². The summed E-state index contributed by atoms with van der Waals surface area (Å²) in [6.45, 7) is -2.22. The van der Waals surface area contributed by atoms with Crippen LogP contribution in [0.3, 0.4) is 0 Å². The zero-order valence-corrected chi connectivity index (χ0v) is 11.4. The van der Waals surface area contributed by atoms with Crippen molar-refractivity contribution >= 4 is 28.5 Å². The van der Waals surface area contributed by atoms with Crippen molar-refractivity contribution in [2.75, 3.05) is 19.7 Å². The highest BCUT2D eigenvalue weighted by Gasteiger charge is 2.33. The number of aliphatic hydroxyl groups is 1. The monoisotopic (exact) mass is 373 g/mol. The van der Waals surface area contributed by atoms with E-state index in [-0.39, 0.29) is 12.1 Å². The number of nitrogens with zero attached hydrogens (tertiary/aromatic N) is 1. The predicted molar refractivity (Wildman–Crippen MR) is 68.2 cm³/mol. The quantitative estimate of drug-likeness (QED) is 0.823. The average molecular weight is 373 g/mol. The SMILES string of the molecule is O=C(c1ccccc1I)N(CCO)CC(F)(F)F. The van der Waals surface area contributed by atoms with Gasteiger partial charge in [-0.15, -0.1) is 0 Å². The van der Waals surface area contributed by atoms with Crippen LogP contribution in [0.2, 0.25) is 0 Å². The Morgan fingerprint density at radius 2 is 1.94 bits per heavy atom. The average Bonchev–Trinajstić information content (AvgIpc) is 2.26. The Morgan fingerprint density at radius 1 is 1.33 bits per heavy atom. The van der Waals surface area contributed by atoms with Crippen LogP contribution in [0.15, 0.2) is 24.3 Å². The van der Waals surface area contributed by atoms with Crippen molar-refractivity contribution in [3.63, 3.8) is 0 Å². The van der Waals surface area contributed by atoms with Crippen LogP contribution in [-0.2, 0) is 0 Å². The Balaban J connectivity index is 2.93. The van der Waals surface area contributed by atoms with Crippen LogP contribution >= 0.6 is 22.6 Å². The third kappa shape index (κ3) is 4.45. The molecule has 0 atom stereocenters. The molecule has 0 aliphatic rings. The van der Waals surface area contributed by atoms with Crippen molar-refractivity contribution in [3.05, 3.63) is 33.4 Å². The van der Waals surface area contributed by atoms with Crippen molar-refractivity contribution in [2.45, 2.75) is 6.18 Å². The van der Waals surface area contributed by atoms with Crippen molar-refractivity contribution in [1.29, 1.82) is 0 Å². The first-order valence-corrected chi connectivity index (χ1v) is 6.14. The predicted octanol–water partition coefficient (Wildman–Crippen LogP) is 2.29. The number of aliphatic hydroxyl groups excluding tert-OH is 1. The molecule has 0 aliphatic carbocycles. The fourth-order valence-corrected chi connectivity index (χ4v) is 2.01. The van der Waals surface area contributed by atoms with Crippen LogP contribution < -0.4 is 0 Å². The third-order valence-corrected chi connectivity index (χ3v) is 3.07. The summed E-state index contributed by atoms with van der Waals surface area (Å²) in [4.78, 5) is 12.5. The fourth-order valence-electron chi connectivity index (χ4n) is 1.39. The molecule has 100 valence electrons. The largest absolute Gasteiger partial charge is 0.406 e. The van der Waals surface area contributed by atoms with E-state index in [1.165, 1.54) is 6.07 Å². The second kappa shape index (κ2) is 6.37. The molecule has 1 aromatic rings. The lowest BCUT2D eigenvalue weighted by Gasteiger charge is -2.23. The molecule has 0 saturated carbocycles. The number of halogens is 4. The maximum atomic E-state index is 12.3. The lowest BCUT2D eigenvalue weighted by molar-refractivity contribution is -0.141.